The van der Waals surface area contributed by atoms with Gasteiger partial charge < -0.3 is 0 Å². The van der Waals surface area contributed by atoms with Gasteiger partial charge in [-0.3, -0.25) is 0 Å². The molecule has 0 saturated heterocycles. The maximum absolute atomic E-state index is 4.96. The number of aliphatic imine (C=N–C) groups is 2. The number of rotatable bonds is 1. The molecular weight excluding hydrogens is 112 g/mol. The molecule has 0 radical (unpaired) electrons. The van der Waals surface area contributed by atoms with Crippen molar-refractivity contribution in [2.24, 2.45) is 9.98 Å². The molecule has 0 amide bonds. The summed E-state index contributed by atoms with van der Waals surface area (Å²) in [5.41, 5.74) is 0.375. The van der Waals surface area contributed by atoms with Crippen molar-refractivity contribution in [3.05, 3.63) is 12.3 Å². The average Bonchev–Trinajstić information content (AvgIpc) is 1.87. The molecule has 2 heteroatoms. The molecule has 0 unspecified atom stereocenters. The first-order valence-corrected chi connectivity index (χ1v) is 2.38. The van der Waals surface area contributed by atoms with Crippen molar-refractivity contribution in [1.29, 1.82) is 0 Å². The van der Waals surface area contributed by atoms with Crippen LogP contribution in [0.4, 0.5) is 0 Å². The van der Waals surface area contributed by atoms with Gasteiger partial charge in [-0.1, -0.05) is 12.5 Å². The molecule has 0 aliphatic heterocycles. The predicted octanol–water partition coefficient (Wildman–Crippen LogP) is 1.25. The van der Waals surface area contributed by atoms with Crippen LogP contribution in [0.3, 0.4) is 0 Å². The van der Waals surface area contributed by atoms with Gasteiger partial charge in [-0.15, -0.1) is 6.42 Å². The van der Waals surface area contributed by atoms with E-state index in [0.717, 1.165) is 0 Å². The topological polar surface area (TPSA) is 24.7 Å². The lowest BCUT2D eigenvalue weighted by Gasteiger charge is -1.86. The first kappa shape index (κ1) is 7.64. The summed E-state index contributed by atoms with van der Waals surface area (Å²) in [6, 6.07) is 0. The summed E-state index contributed by atoms with van der Waals surface area (Å²) in [6.45, 7) is 8.41. The Morgan fingerprint density at radius 3 is 2.56 bits per heavy atom. The molecule has 46 valence electrons. The number of terminal acetylenes is 1. The van der Waals surface area contributed by atoms with E-state index in [1.165, 1.54) is 0 Å². The normalized spacial score (nSPS) is 10.0. The summed E-state index contributed by atoms with van der Waals surface area (Å²) in [4.78, 5) is 7.29. The van der Waals surface area contributed by atoms with Crippen molar-refractivity contribution in [2.75, 3.05) is 0 Å². The quantitative estimate of drug-likeness (QED) is 0.282. The van der Waals surface area contributed by atoms with Crippen LogP contribution < -0.4 is 0 Å². The van der Waals surface area contributed by atoms with Crippen LogP contribution in [0.5, 0.6) is 0 Å². The molecule has 0 aromatic rings. The molecule has 0 aromatic carbocycles. The maximum atomic E-state index is 4.96. The highest BCUT2D eigenvalue weighted by atomic mass is 14.9. The molecule has 0 N–H and O–H groups in total. The monoisotopic (exact) mass is 120 g/mol. The third-order valence-electron chi connectivity index (χ3n) is 0.692. The minimum atomic E-state index is 0.375. The molecule has 0 saturated carbocycles. The molecule has 9 heavy (non-hydrogen) atoms. The van der Waals surface area contributed by atoms with Crippen molar-refractivity contribution >= 4 is 12.6 Å². The smallest absolute Gasteiger partial charge is 0.125 e. The van der Waals surface area contributed by atoms with E-state index >= 15 is 0 Å². The Hall–Kier alpha value is -1.36. The number of amidine groups is 1. The lowest BCUT2D eigenvalue weighted by Crippen LogP contribution is -1.83. The second-order valence-electron chi connectivity index (χ2n) is 1.41. The fraction of sp³-hybridized carbons (Fsp3) is 0.143. The summed E-state index contributed by atoms with van der Waals surface area (Å²) in [7, 11) is 0. The van der Waals surface area contributed by atoms with Crippen LogP contribution >= 0.6 is 0 Å². The first-order chi connectivity index (χ1) is 4.20. The SMILES string of the molecule is C#CC(=C)N=C(C)N=C. The van der Waals surface area contributed by atoms with Crippen molar-refractivity contribution in [3.63, 3.8) is 0 Å². The van der Waals surface area contributed by atoms with E-state index in [9.17, 15) is 0 Å². The third-order valence-corrected chi connectivity index (χ3v) is 0.692. The highest BCUT2D eigenvalue weighted by Crippen LogP contribution is 1.89. The van der Waals surface area contributed by atoms with Gasteiger partial charge in [-0.05, 0) is 13.6 Å². The Morgan fingerprint density at radius 1 is 1.67 bits per heavy atom. The third kappa shape index (κ3) is 3.24. The van der Waals surface area contributed by atoms with Crippen LogP contribution in [-0.4, -0.2) is 12.6 Å². The Morgan fingerprint density at radius 2 is 2.22 bits per heavy atom. The van der Waals surface area contributed by atoms with E-state index < -0.39 is 0 Å². The van der Waals surface area contributed by atoms with Crippen molar-refractivity contribution in [3.8, 4) is 12.3 Å². The number of nitrogens with zero attached hydrogens (tertiary/aromatic N) is 2. The molecule has 2 nitrogen and oxygen atoms in total. The predicted molar refractivity (Wildman–Crippen MR) is 40.6 cm³/mol. The van der Waals surface area contributed by atoms with Crippen LogP contribution in [0.1, 0.15) is 6.92 Å². The zero-order chi connectivity index (χ0) is 7.28. The van der Waals surface area contributed by atoms with Gasteiger partial charge in [0, 0.05) is 0 Å². The van der Waals surface area contributed by atoms with Crippen molar-refractivity contribution < 1.29 is 0 Å². The highest BCUT2D eigenvalue weighted by Gasteiger charge is 1.82. The molecule has 0 heterocycles. The summed E-state index contributed by atoms with van der Waals surface area (Å²) in [5, 5.41) is 0. The molecule has 0 bridgehead atoms. The zero-order valence-electron chi connectivity index (χ0n) is 5.39. The van der Waals surface area contributed by atoms with Crippen LogP contribution in [0.15, 0.2) is 22.3 Å². The largest absolute Gasteiger partial charge is 0.249 e. The highest BCUT2D eigenvalue weighted by molar-refractivity contribution is 5.84. The van der Waals surface area contributed by atoms with Crippen LogP contribution in [0, 0.1) is 12.3 Å². The first-order valence-electron chi connectivity index (χ1n) is 2.38. The van der Waals surface area contributed by atoms with Crippen LogP contribution in [0.25, 0.3) is 0 Å². The minimum absolute atomic E-state index is 0.375. The molecule has 0 aliphatic rings. The second-order valence-corrected chi connectivity index (χ2v) is 1.41. The van der Waals surface area contributed by atoms with Gasteiger partial charge in [0.1, 0.15) is 11.5 Å². The lowest BCUT2D eigenvalue weighted by atomic mass is 10.5. The van der Waals surface area contributed by atoms with Gasteiger partial charge in [0.2, 0.25) is 0 Å². The van der Waals surface area contributed by atoms with E-state index in [4.69, 9.17) is 6.42 Å². The summed E-state index contributed by atoms with van der Waals surface area (Å²) < 4.78 is 0. The van der Waals surface area contributed by atoms with E-state index in [1.807, 2.05) is 0 Å². The Kier molecular flexibility index (Phi) is 3.07. The molecule has 0 atom stereocenters. The Labute approximate surface area is 55.0 Å². The lowest BCUT2D eigenvalue weighted by molar-refractivity contribution is 1.41. The Bertz CT molecular complexity index is 193. The van der Waals surface area contributed by atoms with E-state index in [2.05, 4.69) is 29.2 Å². The molecule has 0 spiro atoms. The molecule has 0 fully saturated rings. The summed E-state index contributed by atoms with van der Waals surface area (Å²) in [5.74, 6) is 2.80. The fourth-order valence-corrected chi connectivity index (χ4v) is 0.263. The number of hydrogen-bond acceptors (Lipinski definition) is 1. The van der Waals surface area contributed by atoms with Gasteiger partial charge in [-0.2, -0.15) is 0 Å². The fourth-order valence-electron chi connectivity index (χ4n) is 0.263. The van der Waals surface area contributed by atoms with E-state index in [0.29, 0.717) is 11.5 Å². The van der Waals surface area contributed by atoms with Crippen molar-refractivity contribution in [1.82, 2.24) is 0 Å². The average molecular weight is 120 g/mol. The molecule has 0 aliphatic carbocycles. The van der Waals surface area contributed by atoms with Gasteiger partial charge in [0.15, 0.2) is 0 Å². The van der Waals surface area contributed by atoms with E-state index in [-0.39, 0.29) is 0 Å². The minimum Gasteiger partial charge on any atom is -0.249 e. The Balaban J connectivity index is 4.16. The zero-order valence-corrected chi connectivity index (χ0v) is 5.39. The van der Waals surface area contributed by atoms with Gasteiger partial charge in [0.05, 0.1) is 0 Å². The van der Waals surface area contributed by atoms with Crippen LogP contribution in [0.2, 0.25) is 0 Å². The maximum Gasteiger partial charge on any atom is 0.125 e. The standard InChI is InChI=1S/C7H8N2/c1-5-6(2)9-7(3)8-4/h1H,2,4H2,3H3. The second kappa shape index (κ2) is 3.62. The van der Waals surface area contributed by atoms with Gasteiger partial charge in [-0.25, -0.2) is 9.98 Å². The molecule has 0 aromatic heterocycles. The molecular formula is C7H8N2. The summed E-state index contributed by atoms with van der Waals surface area (Å²) >= 11 is 0. The number of allylic oxidation sites excluding steroid dienone is 1. The molecule has 0 rings (SSSR count). The van der Waals surface area contributed by atoms with Gasteiger partial charge in [0.25, 0.3) is 0 Å². The van der Waals surface area contributed by atoms with Gasteiger partial charge >= 0.3 is 0 Å². The summed E-state index contributed by atoms with van der Waals surface area (Å²) in [6.07, 6.45) is 4.96. The van der Waals surface area contributed by atoms with Crippen molar-refractivity contribution in [2.45, 2.75) is 6.92 Å². The van der Waals surface area contributed by atoms with E-state index in [1.54, 1.807) is 6.92 Å². The van der Waals surface area contributed by atoms with Crippen LogP contribution in [-0.2, 0) is 0 Å². The number of hydrogen-bond donors (Lipinski definition) is 0.